The third-order valence-corrected chi connectivity index (χ3v) is 5.34. The monoisotopic (exact) mass is 320 g/mol. The molecule has 1 N–H and O–H groups in total. The maximum atomic E-state index is 12.6. The second kappa shape index (κ2) is 6.34. The number of carboxylic acid groups (broad SMARTS) is 1. The minimum absolute atomic E-state index is 0.0814. The topological polar surface area (TPSA) is 83.6 Å². The van der Waals surface area contributed by atoms with E-state index < -0.39 is 11.9 Å². The first kappa shape index (κ1) is 16.0. The highest BCUT2D eigenvalue weighted by Gasteiger charge is 2.47. The molecule has 1 saturated heterocycles. The van der Waals surface area contributed by atoms with E-state index in [0.29, 0.717) is 18.4 Å². The molecule has 0 unspecified atom stereocenters. The van der Waals surface area contributed by atoms with Crippen LogP contribution in [0.4, 0.5) is 0 Å². The summed E-state index contributed by atoms with van der Waals surface area (Å²) in [4.78, 5) is 25.7. The van der Waals surface area contributed by atoms with Crippen molar-refractivity contribution in [2.45, 2.75) is 45.4 Å². The zero-order valence-corrected chi connectivity index (χ0v) is 13.7. The zero-order valence-electron chi connectivity index (χ0n) is 13.7. The Morgan fingerprint density at radius 3 is 2.61 bits per heavy atom. The van der Waals surface area contributed by atoms with Crippen LogP contribution in [0.1, 0.15) is 61.7 Å². The number of carboxylic acids is 1. The van der Waals surface area contributed by atoms with Crippen molar-refractivity contribution in [1.29, 1.82) is 0 Å². The first-order valence-electron chi connectivity index (χ1n) is 8.53. The average Bonchev–Trinajstić information content (AvgIpc) is 3.10. The van der Waals surface area contributed by atoms with Gasteiger partial charge in [0.1, 0.15) is 0 Å². The molecule has 0 spiro atoms. The molecule has 1 saturated carbocycles. The van der Waals surface area contributed by atoms with E-state index in [0.717, 1.165) is 31.4 Å². The van der Waals surface area contributed by atoms with Gasteiger partial charge in [-0.05, 0) is 37.5 Å². The summed E-state index contributed by atoms with van der Waals surface area (Å²) in [5.74, 6) is -0.413. The minimum atomic E-state index is -0.799. The Morgan fingerprint density at radius 2 is 2.04 bits per heavy atom. The normalized spacial score (nSPS) is 24.4. The standard InChI is InChI=1S/C17H24N2O4/c1-3-10(4-2)14-7-15(23-18-14)16(20)19-8-12(11-5-6-11)13(9-19)17(21)22/h7,10-13H,3-6,8-9H2,1-2H3,(H,21,22)/t12-,13+/m1/s1. The first-order chi connectivity index (χ1) is 11.0. The summed E-state index contributed by atoms with van der Waals surface area (Å²) in [6.07, 6.45) is 4.06. The lowest BCUT2D eigenvalue weighted by molar-refractivity contribution is -0.142. The van der Waals surface area contributed by atoms with Gasteiger partial charge in [-0.15, -0.1) is 0 Å². The van der Waals surface area contributed by atoms with E-state index in [-0.39, 0.29) is 24.1 Å². The van der Waals surface area contributed by atoms with Crippen LogP contribution in [-0.2, 0) is 4.79 Å². The number of carbonyl (C=O) groups is 2. The Hall–Kier alpha value is -1.85. The molecule has 1 aliphatic carbocycles. The van der Waals surface area contributed by atoms with Crippen LogP contribution in [0, 0.1) is 17.8 Å². The summed E-state index contributed by atoms with van der Waals surface area (Å²) < 4.78 is 5.24. The molecule has 6 nitrogen and oxygen atoms in total. The van der Waals surface area contributed by atoms with Gasteiger partial charge in [0.05, 0.1) is 11.6 Å². The summed E-state index contributed by atoms with van der Waals surface area (Å²) in [7, 11) is 0. The van der Waals surface area contributed by atoms with Crippen LogP contribution in [0.15, 0.2) is 10.6 Å². The van der Waals surface area contributed by atoms with Crippen molar-refractivity contribution in [3.05, 3.63) is 17.5 Å². The van der Waals surface area contributed by atoms with Gasteiger partial charge in [-0.3, -0.25) is 9.59 Å². The number of hydrogen-bond acceptors (Lipinski definition) is 4. The molecule has 6 heteroatoms. The predicted octanol–water partition coefficient (Wildman–Crippen LogP) is 2.76. The van der Waals surface area contributed by atoms with Crippen LogP contribution in [-0.4, -0.2) is 40.1 Å². The van der Waals surface area contributed by atoms with E-state index in [1.165, 1.54) is 0 Å². The molecule has 0 aromatic carbocycles. The van der Waals surface area contributed by atoms with Crippen LogP contribution in [0.5, 0.6) is 0 Å². The van der Waals surface area contributed by atoms with E-state index in [1.54, 1.807) is 11.0 Å². The van der Waals surface area contributed by atoms with Crippen LogP contribution in [0.3, 0.4) is 0 Å². The third-order valence-electron chi connectivity index (χ3n) is 5.34. The largest absolute Gasteiger partial charge is 0.481 e. The van der Waals surface area contributed by atoms with Gasteiger partial charge in [0.2, 0.25) is 5.76 Å². The molecule has 2 aliphatic rings. The molecule has 2 atom stereocenters. The third kappa shape index (κ3) is 3.12. The lowest BCUT2D eigenvalue weighted by Crippen LogP contribution is -2.29. The molecule has 2 fully saturated rings. The van der Waals surface area contributed by atoms with Gasteiger partial charge in [0, 0.05) is 25.1 Å². The van der Waals surface area contributed by atoms with Crippen molar-refractivity contribution in [3.63, 3.8) is 0 Å². The van der Waals surface area contributed by atoms with E-state index in [1.807, 2.05) is 0 Å². The fraction of sp³-hybridized carbons (Fsp3) is 0.706. The van der Waals surface area contributed by atoms with Gasteiger partial charge in [-0.2, -0.15) is 0 Å². The lowest BCUT2D eigenvalue weighted by atomic mass is 9.92. The highest BCUT2D eigenvalue weighted by Crippen LogP contribution is 2.44. The van der Waals surface area contributed by atoms with E-state index in [4.69, 9.17) is 4.52 Å². The molecular formula is C17H24N2O4. The molecule has 2 heterocycles. The zero-order chi connectivity index (χ0) is 16.6. The fourth-order valence-electron chi connectivity index (χ4n) is 3.70. The molecule has 126 valence electrons. The Bertz CT molecular complexity index is 589. The van der Waals surface area contributed by atoms with Crippen molar-refractivity contribution < 1.29 is 19.2 Å². The minimum Gasteiger partial charge on any atom is -0.481 e. The highest BCUT2D eigenvalue weighted by molar-refractivity contribution is 5.92. The van der Waals surface area contributed by atoms with Crippen molar-refractivity contribution in [3.8, 4) is 0 Å². The Balaban J connectivity index is 1.72. The van der Waals surface area contributed by atoms with Crippen LogP contribution in [0.25, 0.3) is 0 Å². The Labute approximate surface area is 135 Å². The maximum absolute atomic E-state index is 12.6. The second-order valence-corrected chi connectivity index (χ2v) is 6.79. The number of carbonyl (C=O) groups excluding carboxylic acids is 1. The van der Waals surface area contributed by atoms with Crippen LogP contribution < -0.4 is 0 Å². The second-order valence-electron chi connectivity index (χ2n) is 6.79. The maximum Gasteiger partial charge on any atom is 0.308 e. The molecule has 3 rings (SSSR count). The Morgan fingerprint density at radius 1 is 1.35 bits per heavy atom. The summed E-state index contributed by atoms with van der Waals surface area (Å²) in [6, 6.07) is 1.72. The molecular weight excluding hydrogens is 296 g/mol. The van der Waals surface area contributed by atoms with Crippen LogP contribution >= 0.6 is 0 Å². The molecule has 23 heavy (non-hydrogen) atoms. The summed E-state index contributed by atoms with van der Waals surface area (Å²) in [5, 5.41) is 13.4. The number of aromatic nitrogens is 1. The summed E-state index contributed by atoms with van der Waals surface area (Å²) >= 11 is 0. The number of nitrogens with zero attached hydrogens (tertiary/aromatic N) is 2. The molecule has 1 amide bonds. The number of aliphatic carboxylic acids is 1. The summed E-state index contributed by atoms with van der Waals surface area (Å²) in [6.45, 7) is 4.96. The number of rotatable bonds is 6. The van der Waals surface area contributed by atoms with Gasteiger partial charge in [0.25, 0.3) is 5.91 Å². The van der Waals surface area contributed by atoms with Crippen LogP contribution in [0.2, 0.25) is 0 Å². The van der Waals surface area contributed by atoms with Crippen molar-refractivity contribution in [2.24, 2.45) is 17.8 Å². The fourth-order valence-corrected chi connectivity index (χ4v) is 3.70. The van der Waals surface area contributed by atoms with Gasteiger partial charge in [-0.1, -0.05) is 19.0 Å². The number of hydrogen-bond donors (Lipinski definition) is 1. The molecule has 1 aromatic heterocycles. The van der Waals surface area contributed by atoms with Crippen molar-refractivity contribution in [2.75, 3.05) is 13.1 Å². The predicted molar refractivity (Wildman–Crippen MR) is 83.1 cm³/mol. The molecule has 1 aliphatic heterocycles. The number of likely N-dealkylation sites (tertiary alicyclic amines) is 1. The number of amides is 1. The van der Waals surface area contributed by atoms with Crippen molar-refractivity contribution in [1.82, 2.24) is 10.1 Å². The van der Waals surface area contributed by atoms with E-state index >= 15 is 0 Å². The quantitative estimate of drug-likeness (QED) is 0.871. The van der Waals surface area contributed by atoms with Crippen molar-refractivity contribution >= 4 is 11.9 Å². The van der Waals surface area contributed by atoms with Gasteiger partial charge >= 0.3 is 5.97 Å². The average molecular weight is 320 g/mol. The smallest absolute Gasteiger partial charge is 0.308 e. The van der Waals surface area contributed by atoms with Gasteiger partial charge < -0.3 is 14.5 Å². The first-order valence-corrected chi connectivity index (χ1v) is 8.53. The van der Waals surface area contributed by atoms with E-state index in [2.05, 4.69) is 19.0 Å². The molecule has 0 radical (unpaired) electrons. The Kier molecular flexibility index (Phi) is 4.41. The highest BCUT2D eigenvalue weighted by atomic mass is 16.5. The van der Waals surface area contributed by atoms with Gasteiger partial charge in [0.15, 0.2) is 0 Å². The molecule has 0 bridgehead atoms. The van der Waals surface area contributed by atoms with E-state index in [9.17, 15) is 14.7 Å². The summed E-state index contributed by atoms with van der Waals surface area (Å²) in [5.41, 5.74) is 0.811. The lowest BCUT2D eigenvalue weighted by Gasteiger charge is -2.14. The molecule has 1 aromatic rings. The SMILES string of the molecule is CCC(CC)c1cc(C(=O)N2C[C@H](C(=O)O)[C@@H](C3CC3)C2)on1. The van der Waals surface area contributed by atoms with Gasteiger partial charge in [-0.25, -0.2) is 0 Å².